The van der Waals surface area contributed by atoms with Crippen molar-refractivity contribution in [3.63, 3.8) is 0 Å². The van der Waals surface area contributed by atoms with Gasteiger partial charge >= 0.3 is 5.97 Å². The second-order valence-corrected chi connectivity index (χ2v) is 15.2. The second-order valence-electron chi connectivity index (χ2n) is 14.0. The number of rotatable bonds is 18. The number of hydrogen-bond acceptors (Lipinski definition) is 7. The van der Waals surface area contributed by atoms with Gasteiger partial charge in [0, 0.05) is 31.4 Å². The summed E-state index contributed by atoms with van der Waals surface area (Å²) in [5, 5.41) is 10.6. The van der Waals surface area contributed by atoms with Crippen LogP contribution in [0.5, 0.6) is 0 Å². The number of halogens is 1. The number of likely N-dealkylation sites (tertiary alicyclic amines) is 1. The molecule has 4 rings (SSSR count). The van der Waals surface area contributed by atoms with E-state index in [9.17, 15) is 24.3 Å². The van der Waals surface area contributed by atoms with Crippen LogP contribution < -0.4 is 0 Å². The molecule has 3 fully saturated rings. The standard InChI is InChI=1S/C38H54BrN3O7/c1-8-11-16-21-41(20-10-3)36(46)34-38-22-27(39)33(49-38)30(31(38)35(45)42(34)28(23-43)24(4)5)37(47)48-32(26-17-14-13-15-18-26)25(6)40(7)29(44)19-12-9-2/h9-10,13-15,17-18,24-25,27-28,30-34,43H,2-3,8,11-12,16,19-23H2,1,4-7H3/t25-,27?,28-,30-,31+,32+,33-,34-,38+/m0/s1. The van der Waals surface area contributed by atoms with E-state index in [1.54, 1.807) is 29.0 Å². The molecule has 1 N–H and O–H groups in total. The van der Waals surface area contributed by atoms with Gasteiger partial charge in [-0.15, -0.1) is 13.2 Å². The normalized spacial score (nSPS) is 27.4. The molecule has 3 aliphatic heterocycles. The van der Waals surface area contributed by atoms with Crippen LogP contribution >= 0.6 is 15.9 Å². The van der Waals surface area contributed by atoms with Gasteiger partial charge in [0.1, 0.15) is 17.7 Å². The Morgan fingerprint density at radius 2 is 1.86 bits per heavy atom. The van der Waals surface area contributed by atoms with Gasteiger partial charge in [-0.1, -0.05) is 92.0 Å². The van der Waals surface area contributed by atoms with Crippen LogP contribution in [0.3, 0.4) is 0 Å². The van der Waals surface area contributed by atoms with Crippen molar-refractivity contribution in [2.24, 2.45) is 17.8 Å². The van der Waals surface area contributed by atoms with E-state index in [0.717, 1.165) is 19.3 Å². The van der Waals surface area contributed by atoms with Crippen molar-refractivity contribution in [3.8, 4) is 0 Å². The Hall–Kier alpha value is -3.02. The number of nitrogens with zero attached hydrogens (tertiary/aromatic N) is 3. The number of hydrogen-bond donors (Lipinski definition) is 1. The lowest BCUT2D eigenvalue weighted by atomic mass is 9.70. The van der Waals surface area contributed by atoms with E-state index < -0.39 is 53.7 Å². The highest BCUT2D eigenvalue weighted by atomic mass is 79.9. The number of allylic oxidation sites excluding steroid dienone is 1. The first-order valence-corrected chi connectivity index (χ1v) is 18.6. The second kappa shape index (κ2) is 16.8. The number of carbonyl (C=O) groups is 4. The van der Waals surface area contributed by atoms with Crippen LogP contribution in [0, 0.1) is 17.8 Å². The molecule has 0 aliphatic carbocycles. The summed E-state index contributed by atoms with van der Waals surface area (Å²) in [7, 11) is 1.69. The van der Waals surface area contributed by atoms with Crippen LogP contribution in [0.4, 0.5) is 0 Å². The fraction of sp³-hybridized carbons (Fsp3) is 0.632. The lowest BCUT2D eigenvalue weighted by Gasteiger charge is -2.40. The average Bonchev–Trinajstić information content (AvgIpc) is 3.68. The zero-order chi connectivity index (χ0) is 36.0. The quantitative estimate of drug-likeness (QED) is 0.0968. The zero-order valence-electron chi connectivity index (χ0n) is 29.6. The summed E-state index contributed by atoms with van der Waals surface area (Å²) in [4.78, 5) is 61.4. The van der Waals surface area contributed by atoms with E-state index >= 15 is 0 Å². The number of carbonyl (C=O) groups excluding carboxylic acids is 4. The van der Waals surface area contributed by atoms with E-state index in [4.69, 9.17) is 9.47 Å². The molecule has 1 aromatic carbocycles. The van der Waals surface area contributed by atoms with Crippen LogP contribution in [0.25, 0.3) is 0 Å². The highest BCUT2D eigenvalue weighted by molar-refractivity contribution is 9.09. The number of esters is 1. The highest BCUT2D eigenvalue weighted by Crippen LogP contribution is 2.61. The number of amides is 3. The van der Waals surface area contributed by atoms with Gasteiger partial charge < -0.3 is 29.3 Å². The summed E-state index contributed by atoms with van der Waals surface area (Å²) in [5.74, 6) is -3.55. The van der Waals surface area contributed by atoms with Crippen molar-refractivity contribution in [1.29, 1.82) is 0 Å². The molecule has 2 bridgehead atoms. The third-order valence-corrected chi connectivity index (χ3v) is 11.5. The van der Waals surface area contributed by atoms with Crippen molar-refractivity contribution in [1.82, 2.24) is 14.7 Å². The summed E-state index contributed by atoms with van der Waals surface area (Å²) in [5.41, 5.74) is -0.588. The predicted octanol–water partition coefficient (Wildman–Crippen LogP) is 5.05. The summed E-state index contributed by atoms with van der Waals surface area (Å²) in [6.07, 6.45) is 5.69. The molecular formula is C38H54BrN3O7. The maximum Gasteiger partial charge on any atom is 0.313 e. The molecule has 49 heavy (non-hydrogen) atoms. The Kier molecular flexibility index (Phi) is 13.3. The fourth-order valence-electron chi connectivity index (χ4n) is 7.89. The van der Waals surface area contributed by atoms with Crippen LogP contribution in [-0.4, -0.2) is 105 Å². The van der Waals surface area contributed by atoms with E-state index in [1.807, 2.05) is 51.1 Å². The molecule has 1 spiro atoms. The number of likely N-dealkylation sites (N-methyl/N-ethyl adjacent to an activating group) is 1. The minimum atomic E-state index is -1.30. The Bertz CT molecular complexity index is 1360. The topological polar surface area (TPSA) is 117 Å². The van der Waals surface area contributed by atoms with Crippen molar-refractivity contribution < 1.29 is 33.8 Å². The third kappa shape index (κ3) is 7.54. The predicted molar refractivity (Wildman–Crippen MR) is 192 cm³/mol. The van der Waals surface area contributed by atoms with Gasteiger partial charge in [-0.05, 0) is 37.7 Å². The van der Waals surface area contributed by atoms with Gasteiger partial charge in [-0.25, -0.2) is 0 Å². The van der Waals surface area contributed by atoms with Crippen LogP contribution in [0.2, 0.25) is 0 Å². The smallest absolute Gasteiger partial charge is 0.313 e. The highest BCUT2D eigenvalue weighted by Gasteiger charge is 2.77. The van der Waals surface area contributed by atoms with Gasteiger partial charge in [0.25, 0.3) is 0 Å². The maximum absolute atomic E-state index is 14.7. The number of aliphatic hydroxyl groups excluding tert-OH is 1. The Labute approximate surface area is 300 Å². The minimum absolute atomic E-state index is 0.109. The molecule has 0 saturated carbocycles. The molecule has 1 unspecified atom stereocenters. The fourth-order valence-corrected chi connectivity index (χ4v) is 8.83. The first-order valence-electron chi connectivity index (χ1n) is 17.7. The van der Waals surface area contributed by atoms with Gasteiger partial charge in [0.05, 0.1) is 36.6 Å². The molecule has 1 aromatic rings. The minimum Gasteiger partial charge on any atom is -0.455 e. The van der Waals surface area contributed by atoms with Crippen molar-refractivity contribution in [2.45, 2.75) is 107 Å². The molecule has 0 aromatic heterocycles. The van der Waals surface area contributed by atoms with Crippen LogP contribution in [-0.2, 0) is 28.7 Å². The number of aliphatic hydroxyl groups is 1. The molecule has 3 saturated heterocycles. The summed E-state index contributed by atoms with van der Waals surface area (Å²) >= 11 is 3.75. The third-order valence-electron chi connectivity index (χ3n) is 10.6. The summed E-state index contributed by atoms with van der Waals surface area (Å²) in [6, 6.07) is 7.02. The SMILES string of the molecule is C=CCCC(=O)N(C)[C@@H](C)[C@@H](OC(=O)[C@@H]1[C@H]2O[C@@]3(CC2Br)[C@H](C(=O)N(CC=C)CCCCC)N([C@@H](CO)C(C)C)C(=O)[C@@H]13)c1ccccc1. The number of fused-ring (bicyclic) bond motifs is 1. The van der Waals surface area contributed by atoms with E-state index in [2.05, 4.69) is 36.0 Å². The number of benzene rings is 1. The molecule has 270 valence electrons. The summed E-state index contributed by atoms with van der Waals surface area (Å²) < 4.78 is 13.1. The van der Waals surface area contributed by atoms with Crippen LogP contribution in [0.15, 0.2) is 55.6 Å². The molecule has 0 radical (unpaired) electrons. The van der Waals surface area contributed by atoms with E-state index in [-0.39, 0.29) is 41.5 Å². The molecule has 3 aliphatic rings. The summed E-state index contributed by atoms with van der Waals surface area (Å²) in [6.45, 7) is 15.8. The van der Waals surface area contributed by atoms with Crippen molar-refractivity contribution in [2.75, 3.05) is 26.7 Å². The molecule has 3 amide bonds. The molecule has 10 nitrogen and oxygen atoms in total. The van der Waals surface area contributed by atoms with E-state index in [0.29, 0.717) is 31.5 Å². The average molecular weight is 745 g/mol. The van der Waals surface area contributed by atoms with Gasteiger partial charge in [-0.3, -0.25) is 19.2 Å². The van der Waals surface area contributed by atoms with Crippen molar-refractivity contribution in [3.05, 3.63) is 61.2 Å². The van der Waals surface area contributed by atoms with E-state index in [1.165, 1.54) is 4.90 Å². The molecular weight excluding hydrogens is 690 g/mol. The monoisotopic (exact) mass is 743 g/mol. The maximum atomic E-state index is 14.7. The lowest BCUT2D eigenvalue weighted by Crippen LogP contribution is -2.60. The van der Waals surface area contributed by atoms with Gasteiger partial charge in [0.2, 0.25) is 17.7 Å². The number of ether oxygens (including phenoxy) is 2. The van der Waals surface area contributed by atoms with Crippen molar-refractivity contribution >= 4 is 39.6 Å². The molecule has 9 atom stereocenters. The molecule has 3 heterocycles. The van der Waals surface area contributed by atoms with Crippen LogP contribution in [0.1, 0.15) is 77.9 Å². The first-order chi connectivity index (χ1) is 23.4. The van der Waals surface area contributed by atoms with Gasteiger partial charge in [-0.2, -0.15) is 0 Å². The Morgan fingerprint density at radius 1 is 1.16 bits per heavy atom. The van der Waals surface area contributed by atoms with Gasteiger partial charge in [0.15, 0.2) is 0 Å². The zero-order valence-corrected chi connectivity index (χ0v) is 31.2. The largest absolute Gasteiger partial charge is 0.455 e. The Balaban J connectivity index is 1.74. The Morgan fingerprint density at radius 3 is 2.45 bits per heavy atom. The lowest BCUT2D eigenvalue weighted by molar-refractivity contribution is -0.165. The number of unbranched alkanes of at least 4 members (excludes halogenated alkanes) is 2. The number of alkyl halides is 1. The molecule has 11 heteroatoms. The first kappa shape index (κ1) is 38.8.